The topological polar surface area (TPSA) is 48.0 Å². The number of hydrogen-bond acceptors (Lipinski definition) is 4. The molecule has 0 heterocycles. The molecule has 0 spiro atoms. The van der Waals surface area contributed by atoms with Gasteiger partial charge in [-0.3, -0.25) is 4.79 Å². The van der Waals surface area contributed by atoms with Crippen LogP contribution in [0.1, 0.15) is 44.1 Å². The lowest BCUT2D eigenvalue weighted by Crippen LogP contribution is -2.46. The van der Waals surface area contributed by atoms with Gasteiger partial charge in [0.2, 0.25) is 5.91 Å². The standard InChI is InChI=1S/C21H32BNO4/c1-25-21(26-2)16-23(19-9-4-3-5-10-19)20(24)12-14-27-13-11-17-7-6-8-18(22)15-17/h6-8,15,19,21H,3-5,9-14,16H2,1-2H3. The van der Waals surface area contributed by atoms with Crippen LogP contribution in [0.4, 0.5) is 0 Å². The summed E-state index contributed by atoms with van der Waals surface area (Å²) in [5.41, 5.74) is 1.91. The predicted molar refractivity (Wildman–Crippen MR) is 107 cm³/mol. The van der Waals surface area contributed by atoms with E-state index in [1.807, 2.05) is 29.2 Å². The van der Waals surface area contributed by atoms with Crippen molar-refractivity contribution in [3.05, 3.63) is 29.8 Å². The van der Waals surface area contributed by atoms with Crippen molar-refractivity contribution in [3.63, 3.8) is 0 Å². The van der Waals surface area contributed by atoms with E-state index in [9.17, 15) is 4.79 Å². The molecule has 148 valence electrons. The highest BCUT2D eigenvalue weighted by molar-refractivity contribution is 6.32. The predicted octanol–water partition coefficient (Wildman–Crippen LogP) is 2.21. The number of hydrogen-bond donors (Lipinski definition) is 0. The van der Waals surface area contributed by atoms with Crippen molar-refractivity contribution in [2.24, 2.45) is 0 Å². The molecule has 0 bridgehead atoms. The van der Waals surface area contributed by atoms with Crippen LogP contribution in [0, 0.1) is 0 Å². The average Bonchev–Trinajstić information content (AvgIpc) is 2.69. The molecule has 5 nitrogen and oxygen atoms in total. The molecule has 0 aliphatic heterocycles. The number of carbonyl (C=O) groups is 1. The number of carbonyl (C=O) groups excluding carboxylic acids is 1. The summed E-state index contributed by atoms with van der Waals surface area (Å²) in [4.78, 5) is 14.7. The van der Waals surface area contributed by atoms with Gasteiger partial charge in [-0.1, -0.05) is 49.0 Å². The summed E-state index contributed by atoms with van der Waals surface area (Å²) < 4.78 is 16.3. The zero-order valence-corrected chi connectivity index (χ0v) is 16.7. The number of methoxy groups -OCH3 is 2. The minimum Gasteiger partial charge on any atom is -0.381 e. The van der Waals surface area contributed by atoms with Gasteiger partial charge in [0, 0.05) is 20.3 Å². The molecule has 0 N–H and O–H groups in total. The summed E-state index contributed by atoms with van der Waals surface area (Å²) in [6.07, 6.45) is 6.51. The van der Waals surface area contributed by atoms with Crippen LogP contribution < -0.4 is 5.46 Å². The molecule has 0 aromatic heterocycles. The van der Waals surface area contributed by atoms with Crippen molar-refractivity contribution in [2.75, 3.05) is 34.0 Å². The second-order valence-corrected chi connectivity index (χ2v) is 7.10. The van der Waals surface area contributed by atoms with Crippen molar-refractivity contribution in [1.29, 1.82) is 0 Å². The lowest BCUT2D eigenvalue weighted by atomic mass is 9.94. The highest BCUT2D eigenvalue weighted by atomic mass is 16.7. The fourth-order valence-electron chi connectivity index (χ4n) is 3.60. The van der Waals surface area contributed by atoms with E-state index >= 15 is 0 Å². The van der Waals surface area contributed by atoms with Crippen LogP contribution in [-0.4, -0.2) is 65.0 Å². The Morgan fingerprint density at radius 1 is 1.19 bits per heavy atom. The molecule has 27 heavy (non-hydrogen) atoms. The Morgan fingerprint density at radius 3 is 2.59 bits per heavy atom. The van der Waals surface area contributed by atoms with Crippen LogP contribution in [0.15, 0.2) is 24.3 Å². The molecular formula is C21H32BNO4. The van der Waals surface area contributed by atoms with E-state index in [4.69, 9.17) is 22.1 Å². The van der Waals surface area contributed by atoms with Gasteiger partial charge in [0.15, 0.2) is 6.29 Å². The highest BCUT2D eigenvalue weighted by Gasteiger charge is 2.27. The first kappa shape index (κ1) is 21.9. The van der Waals surface area contributed by atoms with Crippen molar-refractivity contribution in [3.8, 4) is 0 Å². The van der Waals surface area contributed by atoms with Crippen LogP contribution in [0.25, 0.3) is 0 Å². The van der Waals surface area contributed by atoms with Gasteiger partial charge in [0.05, 0.1) is 26.2 Å². The summed E-state index contributed by atoms with van der Waals surface area (Å²) in [6, 6.07) is 8.08. The van der Waals surface area contributed by atoms with Crippen LogP contribution >= 0.6 is 0 Å². The summed E-state index contributed by atoms with van der Waals surface area (Å²) in [5, 5.41) is 0. The quantitative estimate of drug-likeness (QED) is 0.339. The third-order valence-electron chi connectivity index (χ3n) is 5.15. The summed E-state index contributed by atoms with van der Waals surface area (Å²) in [5.74, 6) is 0.116. The van der Waals surface area contributed by atoms with Gasteiger partial charge >= 0.3 is 0 Å². The number of nitrogens with zero attached hydrogens (tertiary/aromatic N) is 1. The molecule has 2 radical (unpaired) electrons. The van der Waals surface area contributed by atoms with E-state index in [-0.39, 0.29) is 18.2 Å². The van der Waals surface area contributed by atoms with Crippen molar-refractivity contribution in [2.45, 2.75) is 57.3 Å². The third kappa shape index (κ3) is 7.64. The van der Waals surface area contributed by atoms with Gasteiger partial charge in [0.25, 0.3) is 0 Å². The maximum atomic E-state index is 12.8. The van der Waals surface area contributed by atoms with Gasteiger partial charge in [-0.25, -0.2) is 0 Å². The molecular weight excluding hydrogens is 341 g/mol. The zero-order valence-electron chi connectivity index (χ0n) is 16.7. The number of amides is 1. The summed E-state index contributed by atoms with van der Waals surface area (Å²) in [6.45, 7) is 1.48. The molecule has 1 fully saturated rings. The summed E-state index contributed by atoms with van der Waals surface area (Å²) >= 11 is 0. The Bertz CT molecular complexity index is 559. The summed E-state index contributed by atoms with van der Waals surface area (Å²) in [7, 11) is 9.00. The minimum absolute atomic E-state index is 0.116. The van der Waals surface area contributed by atoms with Crippen LogP contribution in [-0.2, 0) is 25.4 Å². The van der Waals surface area contributed by atoms with Gasteiger partial charge < -0.3 is 19.1 Å². The van der Waals surface area contributed by atoms with Gasteiger partial charge in [-0.2, -0.15) is 0 Å². The van der Waals surface area contributed by atoms with Gasteiger partial charge in [0.1, 0.15) is 7.85 Å². The first-order valence-corrected chi connectivity index (χ1v) is 9.91. The Balaban J connectivity index is 1.77. The Morgan fingerprint density at radius 2 is 1.93 bits per heavy atom. The van der Waals surface area contributed by atoms with Gasteiger partial charge in [-0.05, 0) is 24.8 Å². The second kappa shape index (κ2) is 12.2. The Kier molecular flexibility index (Phi) is 9.88. The molecule has 6 heteroatoms. The molecule has 1 aliphatic rings. The molecule has 0 atom stereocenters. The molecule has 1 aromatic carbocycles. The molecule has 1 aromatic rings. The molecule has 2 rings (SSSR count). The maximum absolute atomic E-state index is 12.8. The highest BCUT2D eigenvalue weighted by Crippen LogP contribution is 2.23. The first-order valence-electron chi connectivity index (χ1n) is 9.91. The van der Waals surface area contributed by atoms with Crippen LogP contribution in [0.5, 0.6) is 0 Å². The smallest absolute Gasteiger partial charge is 0.225 e. The van der Waals surface area contributed by atoms with E-state index in [1.165, 1.54) is 19.3 Å². The fraction of sp³-hybridized carbons (Fsp3) is 0.667. The molecule has 1 aliphatic carbocycles. The molecule has 1 saturated carbocycles. The van der Waals surface area contributed by atoms with E-state index in [0.717, 1.165) is 30.3 Å². The van der Waals surface area contributed by atoms with E-state index in [1.54, 1.807) is 14.2 Å². The van der Waals surface area contributed by atoms with E-state index < -0.39 is 0 Å². The van der Waals surface area contributed by atoms with E-state index in [2.05, 4.69) is 0 Å². The largest absolute Gasteiger partial charge is 0.381 e. The monoisotopic (exact) mass is 373 g/mol. The lowest BCUT2D eigenvalue weighted by molar-refractivity contribution is -0.151. The average molecular weight is 373 g/mol. The minimum atomic E-state index is -0.389. The SMILES string of the molecule is [B]c1cccc(CCOCCC(=O)N(CC(OC)OC)C2CCCCC2)c1. The molecule has 1 amide bonds. The van der Waals surface area contributed by atoms with Gasteiger partial charge in [-0.15, -0.1) is 0 Å². The van der Waals surface area contributed by atoms with Crippen LogP contribution in [0.2, 0.25) is 0 Å². The Hall–Kier alpha value is -1.37. The van der Waals surface area contributed by atoms with Crippen molar-refractivity contribution in [1.82, 2.24) is 4.90 Å². The normalized spacial score (nSPS) is 15.2. The Labute approximate surface area is 164 Å². The lowest BCUT2D eigenvalue weighted by Gasteiger charge is -2.36. The number of benzene rings is 1. The maximum Gasteiger partial charge on any atom is 0.225 e. The van der Waals surface area contributed by atoms with Crippen LogP contribution in [0.3, 0.4) is 0 Å². The van der Waals surface area contributed by atoms with E-state index in [0.29, 0.717) is 26.2 Å². The fourth-order valence-corrected chi connectivity index (χ4v) is 3.60. The first-order chi connectivity index (χ1) is 13.1. The van der Waals surface area contributed by atoms with Crippen molar-refractivity contribution >= 4 is 19.2 Å². The molecule has 0 unspecified atom stereocenters. The zero-order chi connectivity index (χ0) is 19.5. The molecule has 0 saturated heterocycles. The number of ether oxygens (including phenoxy) is 3. The number of rotatable bonds is 11. The second-order valence-electron chi connectivity index (χ2n) is 7.10. The van der Waals surface area contributed by atoms with Crippen molar-refractivity contribution < 1.29 is 19.0 Å². The third-order valence-corrected chi connectivity index (χ3v) is 5.15.